The van der Waals surface area contributed by atoms with E-state index in [1.54, 1.807) is 0 Å². The molecular formula is C15H22N2O. The highest BCUT2D eigenvalue weighted by molar-refractivity contribution is 5.88. The molecule has 1 unspecified atom stereocenters. The van der Waals surface area contributed by atoms with Crippen molar-refractivity contribution in [2.45, 2.75) is 39.7 Å². The van der Waals surface area contributed by atoms with Gasteiger partial charge in [0, 0.05) is 25.2 Å². The molecule has 0 saturated heterocycles. The summed E-state index contributed by atoms with van der Waals surface area (Å²) in [5.41, 5.74) is 2.60. The Morgan fingerprint density at radius 2 is 2.17 bits per heavy atom. The number of carbonyl (C=O) groups excluding carboxylic acids is 1. The second-order valence-electron chi connectivity index (χ2n) is 5.72. The van der Waals surface area contributed by atoms with E-state index in [2.05, 4.69) is 30.5 Å². The molecule has 1 atom stereocenters. The lowest BCUT2D eigenvalue weighted by atomic mass is 10.1. The number of anilines is 1. The Kier molecular flexibility index (Phi) is 3.71. The first-order valence-corrected chi connectivity index (χ1v) is 6.59. The average molecular weight is 246 g/mol. The first-order valence-electron chi connectivity index (χ1n) is 6.59. The van der Waals surface area contributed by atoms with Crippen molar-refractivity contribution in [1.82, 2.24) is 5.32 Å². The van der Waals surface area contributed by atoms with Gasteiger partial charge in [-0.15, -0.1) is 0 Å². The Morgan fingerprint density at radius 1 is 1.44 bits per heavy atom. The van der Waals surface area contributed by atoms with E-state index in [-0.39, 0.29) is 5.91 Å². The van der Waals surface area contributed by atoms with Crippen LogP contribution in [0.4, 0.5) is 5.69 Å². The molecule has 1 amide bonds. The molecule has 3 heteroatoms. The van der Waals surface area contributed by atoms with E-state index in [4.69, 9.17) is 0 Å². The highest BCUT2D eigenvalue weighted by Gasteiger charge is 2.36. The summed E-state index contributed by atoms with van der Waals surface area (Å²) in [4.78, 5) is 11.0. The second kappa shape index (κ2) is 5.11. The van der Waals surface area contributed by atoms with Crippen LogP contribution in [0.3, 0.4) is 0 Å². The number of benzene rings is 1. The molecule has 1 aliphatic rings. The standard InChI is InChI=1S/C15H22N2O/c1-11(16-10-15(3)7-8-15)13-5-4-6-14(9-13)17-12(2)18/h4-6,9,11,16H,7-8,10H2,1-3H3,(H,17,18). The van der Waals surface area contributed by atoms with Gasteiger partial charge in [-0.05, 0) is 42.9 Å². The first kappa shape index (κ1) is 13.1. The zero-order chi connectivity index (χ0) is 13.2. The van der Waals surface area contributed by atoms with Crippen molar-refractivity contribution in [2.24, 2.45) is 5.41 Å². The summed E-state index contributed by atoms with van der Waals surface area (Å²) in [5, 5.41) is 6.39. The van der Waals surface area contributed by atoms with Gasteiger partial charge in [-0.25, -0.2) is 0 Å². The van der Waals surface area contributed by atoms with Crippen LogP contribution in [-0.4, -0.2) is 12.5 Å². The molecule has 0 aromatic heterocycles. The summed E-state index contributed by atoms with van der Waals surface area (Å²) >= 11 is 0. The van der Waals surface area contributed by atoms with Gasteiger partial charge in [-0.2, -0.15) is 0 Å². The molecule has 1 aliphatic carbocycles. The highest BCUT2D eigenvalue weighted by atomic mass is 16.1. The minimum absolute atomic E-state index is 0.0294. The summed E-state index contributed by atoms with van der Waals surface area (Å²) in [6.45, 7) is 7.08. The summed E-state index contributed by atoms with van der Waals surface area (Å²) < 4.78 is 0. The number of hydrogen-bond acceptors (Lipinski definition) is 2. The molecule has 2 N–H and O–H groups in total. The summed E-state index contributed by atoms with van der Waals surface area (Å²) in [6.07, 6.45) is 2.66. The topological polar surface area (TPSA) is 41.1 Å². The number of hydrogen-bond donors (Lipinski definition) is 2. The van der Waals surface area contributed by atoms with Gasteiger partial charge in [0.15, 0.2) is 0 Å². The third kappa shape index (κ3) is 3.57. The van der Waals surface area contributed by atoms with E-state index in [0.29, 0.717) is 11.5 Å². The fourth-order valence-electron chi connectivity index (χ4n) is 2.00. The summed E-state index contributed by atoms with van der Waals surface area (Å²) in [7, 11) is 0. The van der Waals surface area contributed by atoms with E-state index in [1.807, 2.05) is 18.2 Å². The van der Waals surface area contributed by atoms with Gasteiger partial charge in [-0.1, -0.05) is 19.1 Å². The summed E-state index contributed by atoms with van der Waals surface area (Å²) in [6, 6.07) is 8.35. The van der Waals surface area contributed by atoms with Gasteiger partial charge in [0.05, 0.1) is 0 Å². The maximum absolute atomic E-state index is 11.0. The average Bonchev–Trinajstić information content (AvgIpc) is 3.04. The Balaban J connectivity index is 1.96. The van der Waals surface area contributed by atoms with Crippen LogP contribution in [0.1, 0.15) is 45.2 Å². The van der Waals surface area contributed by atoms with E-state index in [1.165, 1.54) is 25.3 Å². The van der Waals surface area contributed by atoms with E-state index in [9.17, 15) is 4.79 Å². The van der Waals surface area contributed by atoms with Crippen LogP contribution in [0.5, 0.6) is 0 Å². The second-order valence-corrected chi connectivity index (χ2v) is 5.72. The highest BCUT2D eigenvalue weighted by Crippen LogP contribution is 2.44. The molecule has 3 nitrogen and oxygen atoms in total. The zero-order valence-electron chi connectivity index (χ0n) is 11.4. The lowest BCUT2D eigenvalue weighted by Crippen LogP contribution is -2.25. The van der Waals surface area contributed by atoms with Crippen LogP contribution in [-0.2, 0) is 4.79 Å². The predicted molar refractivity (Wildman–Crippen MR) is 74.5 cm³/mol. The fraction of sp³-hybridized carbons (Fsp3) is 0.533. The van der Waals surface area contributed by atoms with Gasteiger partial charge in [0.1, 0.15) is 0 Å². The molecule has 98 valence electrons. The first-order chi connectivity index (χ1) is 8.48. The molecule has 0 spiro atoms. The lowest BCUT2D eigenvalue weighted by Gasteiger charge is -2.18. The van der Waals surface area contributed by atoms with Crippen LogP contribution in [0.2, 0.25) is 0 Å². The van der Waals surface area contributed by atoms with Crippen LogP contribution >= 0.6 is 0 Å². The van der Waals surface area contributed by atoms with Crippen molar-refractivity contribution >= 4 is 11.6 Å². The number of rotatable bonds is 5. The largest absolute Gasteiger partial charge is 0.326 e. The Bertz CT molecular complexity index is 438. The quantitative estimate of drug-likeness (QED) is 0.838. The van der Waals surface area contributed by atoms with Crippen molar-refractivity contribution in [2.75, 3.05) is 11.9 Å². The molecule has 2 rings (SSSR count). The van der Waals surface area contributed by atoms with E-state index >= 15 is 0 Å². The third-order valence-electron chi connectivity index (χ3n) is 3.65. The zero-order valence-corrected chi connectivity index (χ0v) is 11.4. The number of carbonyl (C=O) groups is 1. The van der Waals surface area contributed by atoms with Crippen molar-refractivity contribution < 1.29 is 4.79 Å². The fourth-order valence-corrected chi connectivity index (χ4v) is 2.00. The predicted octanol–water partition coefficient (Wildman–Crippen LogP) is 3.10. The van der Waals surface area contributed by atoms with Crippen LogP contribution in [0, 0.1) is 5.41 Å². The van der Waals surface area contributed by atoms with Crippen LogP contribution < -0.4 is 10.6 Å². The number of nitrogens with one attached hydrogen (secondary N) is 2. The molecule has 1 saturated carbocycles. The molecule has 0 heterocycles. The molecular weight excluding hydrogens is 224 g/mol. The maximum atomic E-state index is 11.0. The number of amides is 1. The van der Waals surface area contributed by atoms with Gasteiger partial charge in [0.2, 0.25) is 5.91 Å². The van der Waals surface area contributed by atoms with Crippen LogP contribution in [0.15, 0.2) is 24.3 Å². The monoisotopic (exact) mass is 246 g/mol. The Hall–Kier alpha value is -1.35. The molecule has 1 aromatic rings. The van der Waals surface area contributed by atoms with Gasteiger partial charge in [0.25, 0.3) is 0 Å². The molecule has 0 radical (unpaired) electrons. The molecule has 18 heavy (non-hydrogen) atoms. The van der Waals surface area contributed by atoms with Crippen molar-refractivity contribution in [3.8, 4) is 0 Å². The third-order valence-corrected chi connectivity index (χ3v) is 3.65. The SMILES string of the molecule is CC(=O)Nc1cccc(C(C)NCC2(C)CC2)c1. The van der Waals surface area contributed by atoms with Gasteiger partial charge >= 0.3 is 0 Å². The van der Waals surface area contributed by atoms with Crippen molar-refractivity contribution in [3.63, 3.8) is 0 Å². The van der Waals surface area contributed by atoms with Gasteiger partial charge in [-0.3, -0.25) is 4.79 Å². The normalized spacial score (nSPS) is 18.2. The lowest BCUT2D eigenvalue weighted by molar-refractivity contribution is -0.114. The van der Waals surface area contributed by atoms with E-state index < -0.39 is 0 Å². The van der Waals surface area contributed by atoms with Crippen molar-refractivity contribution in [1.29, 1.82) is 0 Å². The molecule has 0 aliphatic heterocycles. The van der Waals surface area contributed by atoms with Crippen molar-refractivity contribution in [3.05, 3.63) is 29.8 Å². The minimum Gasteiger partial charge on any atom is -0.326 e. The molecule has 1 aromatic carbocycles. The molecule has 0 bridgehead atoms. The van der Waals surface area contributed by atoms with Gasteiger partial charge < -0.3 is 10.6 Å². The Labute approximate surface area is 109 Å². The smallest absolute Gasteiger partial charge is 0.221 e. The summed E-state index contributed by atoms with van der Waals surface area (Å²) in [5.74, 6) is -0.0294. The molecule has 1 fully saturated rings. The minimum atomic E-state index is -0.0294. The maximum Gasteiger partial charge on any atom is 0.221 e. The van der Waals surface area contributed by atoms with Crippen LogP contribution in [0.25, 0.3) is 0 Å². The van der Waals surface area contributed by atoms with E-state index in [0.717, 1.165) is 12.2 Å². The Morgan fingerprint density at radius 3 is 2.78 bits per heavy atom.